The summed E-state index contributed by atoms with van der Waals surface area (Å²) in [6.07, 6.45) is 2.48. The van der Waals surface area contributed by atoms with Crippen molar-refractivity contribution in [1.82, 2.24) is 0 Å². The second kappa shape index (κ2) is 6.52. The van der Waals surface area contributed by atoms with E-state index in [2.05, 4.69) is 13.8 Å². The van der Waals surface area contributed by atoms with E-state index in [1.807, 2.05) is 0 Å². The molecule has 0 saturated heterocycles. The van der Waals surface area contributed by atoms with Gasteiger partial charge in [-0.3, -0.25) is 10.1 Å². The van der Waals surface area contributed by atoms with Crippen LogP contribution in [0, 0.1) is 33.7 Å². The van der Waals surface area contributed by atoms with Crippen LogP contribution >= 0.6 is 0 Å². The number of halogens is 1. The number of hydrogen-bond acceptors (Lipinski definition) is 3. The zero-order valence-electron chi connectivity index (χ0n) is 12.5. The van der Waals surface area contributed by atoms with Gasteiger partial charge in [-0.1, -0.05) is 26.0 Å². The summed E-state index contributed by atoms with van der Waals surface area (Å²) < 4.78 is 14.1. The van der Waals surface area contributed by atoms with Gasteiger partial charge >= 0.3 is 5.69 Å². The molecule has 1 aromatic carbocycles. The maximum Gasteiger partial charge on any atom is 0.305 e. The largest absolute Gasteiger partial charge is 0.393 e. The third-order valence-electron chi connectivity index (χ3n) is 4.66. The Morgan fingerprint density at radius 2 is 2.14 bits per heavy atom. The van der Waals surface area contributed by atoms with Gasteiger partial charge in [-0.15, -0.1) is 0 Å². The number of benzene rings is 1. The molecular weight excluding hydrogens is 273 g/mol. The van der Waals surface area contributed by atoms with Crippen LogP contribution < -0.4 is 0 Å². The smallest absolute Gasteiger partial charge is 0.305 e. The molecule has 1 aliphatic carbocycles. The second-order valence-corrected chi connectivity index (χ2v) is 6.36. The Morgan fingerprint density at radius 1 is 1.43 bits per heavy atom. The Balaban J connectivity index is 2.17. The van der Waals surface area contributed by atoms with Gasteiger partial charge in [-0.25, -0.2) is 0 Å². The molecule has 1 N–H and O–H groups in total. The van der Waals surface area contributed by atoms with Crippen molar-refractivity contribution < 1.29 is 14.4 Å². The van der Waals surface area contributed by atoms with Crippen molar-refractivity contribution in [2.45, 2.75) is 45.6 Å². The van der Waals surface area contributed by atoms with Gasteiger partial charge in [0.15, 0.2) is 0 Å². The van der Waals surface area contributed by atoms with Crippen LogP contribution in [0.3, 0.4) is 0 Å². The van der Waals surface area contributed by atoms with Crippen LogP contribution in [0.5, 0.6) is 0 Å². The van der Waals surface area contributed by atoms with Crippen molar-refractivity contribution >= 4 is 5.69 Å². The van der Waals surface area contributed by atoms with Crippen LogP contribution in [-0.4, -0.2) is 16.1 Å². The summed E-state index contributed by atoms with van der Waals surface area (Å²) in [5.74, 6) is 0.277. The average Bonchev–Trinajstić information content (AvgIpc) is 2.42. The predicted octanol–water partition coefficient (Wildman–Crippen LogP) is 3.71. The van der Waals surface area contributed by atoms with Gasteiger partial charge in [0.25, 0.3) is 0 Å². The molecular formula is C16H22FNO3. The summed E-state index contributed by atoms with van der Waals surface area (Å²) in [4.78, 5) is 10.1. The van der Waals surface area contributed by atoms with E-state index < -0.39 is 22.5 Å². The lowest BCUT2D eigenvalue weighted by Crippen LogP contribution is -2.32. The van der Waals surface area contributed by atoms with E-state index in [9.17, 15) is 19.6 Å². The molecule has 0 amide bonds. The van der Waals surface area contributed by atoms with Gasteiger partial charge in [0.2, 0.25) is 5.82 Å². The standard InChI is InChI=1S/C16H22FNO3/c1-10(2)11-6-7-15(19)13(8-11)9-12-4-3-5-14(16(12)17)18(20)21/h3-5,10-11,13,15,19H,6-9H2,1-2H3. The van der Waals surface area contributed by atoms with Gasteiger partial charge in [0, 0.05) is 6.07 Å². The summed E-state index contributed by atoms with van der Waals surface area (Å²) >= 11 is 0. The van der Waals surface area contributed by atoms with E-state index >= 15 is 0 Å². The molecule has 2 rings (SSSR count). The Labute approximate surface area is 124 Å². The fourth-order valence-electron chi connectivity index (χ4n) is 3.26. The Bertz CT molecular complexity index is 518. The van der Waals surface area contributed by atoms with E-state index in [4.69, 9.17) is 0 Å². The first kappa shape index (κ1) is 15.9. The highest BCUT2D eigenvalue weighted by Crippen LogP contribution is 2.36. The van der Waals surface area contributed by atoms with Crippen LogP contribution in [-0.2, 0) is 6.42 Å². The molecule has 0 aromatic heterocycles. The number of rotatable bonds is 4. The molecule has 0 aliphatic heterocycles. The topological polar surface area (TPSA) is 63.4 Å². The SMILES string of the molecule is CC(C)C1CCC(O)C(Cc2cccc([N+](=O)[O-])c2F)C1. The van der Waals surface area contributed by atoms with E-state index in [-0.39, 0.29) is 5.92 Å². The number of nitrogens with zero attached hydrogens (tertiary/aromatic N) is 1. The molecule has 116 valence electrons. The molecule has 0 heterocycles. The van der Waals surface area contributed by atoms with Crippen LogP contribution in [0.2, 0.25) is 0 Å². The van der Waals surface area contributed by atoms with E-state index in [1.54, 1.807) is 6.07 Å². The molecule has 4 nitrogen and oxygen atoms in total. The molecule has 0 radical (unpaired) electrons. The fourth-order valence-corrected chi connectivity index (χ4v) is 3.26. The van der Waals surface area contributed by atoms with Crippen molar-refractivity contribution in [2.75, 3.05) is 0 Å². The van der Waals surface area contributed by atoms with E-state index in [0.29, 0.717) is 23.8 Å². The third-order valence-corrected chi connectivity index (χ3v) is 4.66. The fraction of sp³-hybridized carbons (Fsp3) is 0.625. The Kier molecular flexibility index (Phi) is 4.93. The minimum atomic E-state index is -0.763. The monoisotopic (exact) mass is 295 g/mol. The molecule has 3 unspecified atom stereocenters. The second-order valence-electron chi connectivity index (χ2n) is 6.36. The maximum atomic E-state index is 14.1. The van der Waals surface area contributed by atoms with Crippen molar-refractivity contribution in [3.8, 4) is 0 Å². The van der Waals surface area contributed by atoms with Crippen LogP contribution in [0.4, 0.5) is 10.1 Å². The highest BCUT2D eigenvalue weighted by atomic mass is 19.1. The lowest BCUT2D eigenvalue weighted by molar-refractivity contribution is -0.387. The summed E-state index contributed by atoms with van der Waals surface area (Å²) in [6, 6.07) is 4.26. The number of nitro benzene ring substituents is 1. The zero-order valence-corrected chi connectivity index (χ0v) is 12.5. The molecule has 1 aromatic rings. The van der Waals surface area contributed by atoms with Gasteiger partial charge in [0.05, 0.1) is 11.0 Å². The van der Waals surface area contributed by atoms with Crippen LogP contribution in [0.1, 0.15) is 38.7 Å². The maximum absolute atomic E-state index is 14.1. The van der Waals surface area contributed by atoms with Gasteiger partial charge in [-0.05, 0) is 49.0 Å². The summed E-state index contributed by atoms with van der Waals surface area (Å²) in [6.45, 7) is 4.32. The number of hydrogen-bond donors (Lipinski definition) is 1. The lowest BCUT2D eigenvalue weighted by atomic mass is 9.73. The molecule has 3 atom stereocenters. The predicted molar refractivity (Wildman–Crippen MR) is 78.4 cm³/mol. The van der Waals surface area contributed by atoms with Crippen LogP contribution in [0.15, 0.2) is 18.2 Å². The van der Waals surface area contributed by atoms with E-state index in [0.717, 1.165) is 19.3 Å². The lowest BCUT2D eigenvalue weighted by Gasteiger charge is -2.35. The highest BCUT2D eigenvalue weighted by Gasteiger charge is 2.32. The first-order valence-electron chi connectivity index (χ1n) is 7.50. The molecule has 21 heavy (non-hydrogen) atoms. The molecule has 1 aliphatic rings. The Hall–Kier alpha value is -1.49. The van der Waals surface area contributed by atoms with E-state index in [1.165, 1.54) is 12.1 Å². The normalized spacial score (nSPS) is 26.0. The quantitative estimate of drug-likeness (QED) is 0.680. The first-order chi connectivity index (χ1) is 9.90. The molecule has 5 heteroatoms. The summed E-state index contributed by atoms with van der Waals surface area (Å²) in [5, 5.41) is 20.9. The minimum Gasteiger partial charge on any atom is -0.393 e. The van der Waals surface area contributed by atoms with Crippen molar-refractivity contribution in [3.63, 3.8) is 0 Å². The molecule has 0 bridgehead atoms. The first-order valence-corrected chi connectivity index (χ1v) is 7.50. The third kappa shape index (κ3) is 3.59. The van der Waals surface area contributed by atoms with Crippen molar-refractivity contribution in [2.24, 2.45) is 17.8 Å². The van der Waals surface area contributed by atoms with Gasteiger partial charge in [-0.2, -0.15) is 4.39 Å². The number of aliphatic hydroxyl groups is 1. The number of aliphatic hydroxyl groups excluding tert-OH is 1. The van der Waals surface area contributed by atoms with Crippen LogP contribution in [0.25, 0.3) is 0 Å². The zero-order chi connectivity index (χ0) is 15.6. The summed E-state index contributed by atoms with van der Waals surface area (Å²) in [5.41, 5.74) is -0.157. The van der Waals surface area contributed by atoms with Gasteiger partial charge in [0.1, 0.15) is 0 Å². The van der Waals surface area contributed by atoms with Crippen molar-refractivity contribution in [3.05, 3.63) is 39.7 Å². The molecule has 1 saturated carbocycles. The minimum absolute atomic E-state index is 0.0253. The summed E-state index contributed by atoms with van der Waals surface area (Å²) in [7, 11) is 0. The molecule has 0 spiro atoms. The van der Waals surface area contributed by atoms with Crippen molar-refractivity contribution in [1.29, 1.82) is 0 Å². The molecule has 1 fully saturated rings. The van der Waals surface area contributed by atoms with Gasteiger partial charge < -0.3 is 5.11 Å². The Morgan fingerprint density at radius 3 is 2.76 bits per heavy atom. The number of nitro groups is 1. The highest BCUT2D eigenvalue weighted by molar-refractivity contribution is 5.37. The average molecular weight is 295 g/mol.